The third-order valence-corrected chi connectivity index (χ3v) is 3.13. The molecule has 6 heteroatoms. The van der Waals surface area contributed by atoms with Gasteiger partial charge in [0.25, 0.3) is 0 Å². The molecule has 0 saturated carbocycles. The smallest absolute Gasteiger partial charge is 0.237 e. The van der Waals surface area contributed by atoms with Crippen molar-refractivity contribution in [3.8, 4) is 17.4 Å². The number of aromatic nitrogens is 2. The van der Waals surface area contributed by atoms with Crippen LogP contribution in [-0.2, 0) is 0 Å². The van der Waals surface area contributed by atoms with Crippen molar-refractivity contribution in [3.05, 3.63) is 42.4 Å². The first kappa shape index (κ1) is 12.7. The Morgan fingerprint density at radius 3 is 2.80 bits per heavy atom. The molecule has 0 aliphatic carbocycles. The van der Waals surface area contributed by atoms with E-state index in [2.05, 4.69) is 9.97 Å². The summed E-state index contributed by atoms with van der Waals surface area (Å²) in [6, 6.07) is 7.02. The predicted molar refractivity (Wildman–Crippen MR) is 71.9 cm³/mol. The Bertz CT molecular complexity index is 606. The number of benzene rings is 1. The zero-order valence-electron chi connectivity index (χ0n) is 11.0. The van der Waals surface area contributed by atoms with Crippen LogP contribution in [0.5, 0.6) is 17.4 Å². The number of hydrogen-bond acceptors (Lipinski definition) is 6. The SMILES string of the molecule is COc1nccnc1C(N)C1COc2ccccc2O1. The zero-order chi connectivity index (χ0) is 13.9. The summed E-state index contributed by atoms with van der Waals surface area (Å²) in [6.45, 7) is 0.359. The molecule has 0 bridgehead atoms. The number of fused-ring (bicyclic) bond motifs is 1. The van der Waals surface area contributed by atoms with Crippen molar-refractivity contribution in [1.29, 1.82) is 0 Å². The van der Waals surface area contributed by atoms with Crippen LogP contribution in [0.3, 0.4) is 0 Å². The number of methoxy groups -OCH3 is 1. The van der Waals surface area contributed by atoms with E-state index < -0.39 is 6.04 Å². The molecule has 1 aliphatic rings. The number of nitrogens with zero attached hydrogens (tertiary/aromatic N) is 2. The van der Waals surface area contributed by atoms with E-state index in [0.717, 1.165) is 5.75 Å². The van der Waals surface area contributed by atoms with E-state index in [-0.39, 0.29) is 6.10 Å². The Morgan fingerprint density at radius 1 is 1.25 bits per heavy atom. The molecule has 0 amide bonds. The Labute approximate surface area is 116 Å². The monoisotopic (exact) mass is 273 g/mol. The van der Waals surface area contributed by atoms with Gasteiger partial charge in [0, 0.05) is 12.4 Å². The molecular weight excluding hydrogens is 258 g/mol. The molecule has 20 heavy (non-hydrogen) atoms. The van der Waals surface area contributed by atoms with Gasteiger partial charge in [-0.05, 0) is 12.1 Å². The van der Waals surface area contributed by atoms with Gasteiger partial charge in [-0.2, -0.15) is 0 Å². The molecule has 2 aromatic rings. The van der Waals surface area contributed by atoms with Gasteiger partial charge in [-0.25, -0.2) is 4.98 Å². The number of hydrogen-bond donors (Lipinski definition) is 1. The first-order valence-corrected chi connectivity index (χ1v) is 6.28. The maximum absolute atomic E-state index is 6.22. The van der Waals surface area contributed by atoms with Crippen LogP contribution in [0.1, 0.15) is 11.7 Å². The Hall–Kier alpha value is -2.34. The van der Waals surface area contributed by atoms with Gasteiger partial charge >= 0.3 is 0 Å². The average molecular weight is 273 g/mol. The van der Waals surface area contributed by atoms with Gasteiger partial charge in [-0.3, -0.25) is 4.98 Å². The molecule has 6 nitrogen and oxygen atoms in total. The summed E-state index contributed by atoms with van der Waals surface area (Å²) < 4.78 is 16.7. The van der Waals surface area contributed by atoms with Crippen LogP contribution >= 0.6 is 0 Å². The van der Waals surface area contributed by atoms with Crippen LogP contribution in [-0.4, -0.2) is 29.8 Å². The number of para-hydroxylation sites is 2. The molecule has 2 unspecified atom stereocenters. The molecule has 104 valence electrons. The highest BCUT2D eigenvalue weighted by Gasteiger charge is 2.30. The van der Waals surface area contributed by atoms with Gasteiger partial charge in [0.15, 0.2) is 17.6 Å². The van der Waals surface area contributed by atoms with E-state index in [1.165, 1.54) is 7.11 Å². The Kier molecular flexibility index (Phi) is 3.39. The molecule has 0 radical (unpaired) electrons. The van der Waals surface area contributed by atoms with Gasteiger partial charge in [-0.1, -0.05) is 12.1 Å². The van der Waals surface area contributed by atoms with Crippen molar-refractivity contribution < 1.29 is 14.2 Å². The number of ether oxygens (including phenoxy) is 3. The predicted octanol–water partition coefficient (Wildman–Crippen LogP) is 1.32. The van der Waals surface area contributed by atoms with Crippen molar-refractivity contribution in [2.45, 2.75) is 12.1 Å². The first-order valence-electron chi connectivity index (χ1n) is 6.28. The quantitative estimate of drug-likeness (QED) is 0.908. The normalized spacial score (nSPS) is 18.4. The fraction of sp³-hybridized carbons (Fsp3) is 0.286. The van der Waals surface area contributed by atoms with Crippen LogP contribution < -0.4 is 19.9 Å². The van der Waals surface area contributed by atoms with Crippen molar-refractivity contribution in [2.75, 3.05) is 13.7 Å². The highest BCUT2D eigenvalue weighted by atomic mass is 16.6. The lowest BCUT2D eigenvalue weighted by molar-refractivity contribution is 0.0702. The van der Waals surface area contributed by atoms with Gasteiger partial charge in [-0.15, -0.1) is 0 Å². The average Bonchev–Trinajstić information content (AvgIpc) is 2.53. The molecule has 1 aromatic heterocycles. The summed E-state index contributed by atoms with van der Waals surface area (Å²) in [7, 11) is 1.54. The highest BCUT2D eigenvalue weighted by molar-refractivity contribution is 5.41. The maximum Gasteiger partial charge on any atom is 0.237 e. The minimum absolute atomic E-state index is 0.338. The summed E-state index contributed by atoms with van der Waals surface area (Å²) >= 11 is 0. The summed E-state index contributed by atoms with van der Waals surface area (Å²) in [5, 5.41) is 0. The summed E-state index contributed by atoms with van der Waals surface area (Å²) in [4.78, 5) is 8.33. The second-order valence-corrected chi connectivity index (χ2v) is 4.39. The minimum atomic E-state index is -0.480. The molecule has 1 aliphatic heterocycles. The fourth-order valence-corrected chi connectivity index (χ4v) is 2.11. The standard InChI is InChI=1S/C14H15N3O3/c1-18-14-13(16-6-7-17-14)12(15)11-8-19-9-4-2-3-5-10(9)20-11/h2-7,11-12H,8,15H2,1H3. The van der Waals surface area contributed by atoms with Crippen LogP contribution in [0, 0.1) is 0 Å². The molecule has 2 atom stereocenters. The molecule has 2 heterocycles. The summed E-state index contributed by atoms with van der Waals surface area (Å²) in [5.41, 5.74) is 6.77. The molecule has 2 N–H and O–H groups in total. The number of rotatable bonds is 3. The topological polar surface area (TPSA) is 79.5 Å². The summed E-state index contributed by atoms with van der Waals surface area (Å²) in [6.07, 6.45) is 2.80. The third-order valence-electron chi connectivity index (χ3n) is 3.13. The molecule has 0 saturated heterocycles. The molecule has 1 aromatic carbocycles. The van der Waals surface area contributed by atoms with Crippen LogP contribution in [0.4, 0.5) is 0 Å². The largest absolute Gasteiger partial charge is 0.486 e. The van der Waals surface area contributed by atoms with E-state index in [1.54, 1.807) is 12.4 Å². The maximum atomic E-state index is 6.22. The first-order chi connectivity index (χ1) is 9.79. The van der Waals surface area contributed by atoms with E-state index in [9.17, 15) is 0 Å². The van der Waals surface area contributed by atoms with Crippen LogP contribution in [0.15, 0.2) is 36.7 Å². The van der Waals surface area contributed by atoms with Gasteiger partial charge in [0.05, 0.1) is 13.2 Å². The van der Waals surface area contributed by atoms with Crippen molar-refractivity contribution in [1.82, 2.24) is 9.97 Å². The number of nitrogens with two attached hydrogens (primary N) is 1. The van der Waals surface area contributed by atoms with Crippen LogP contribution in [0.2, 0.25) is 0 Å². The Balaban J connectivity index is 1.84. The zero-order valence-corrected chi connectivity index (χ0v) is 11.0. The van der Waals surface area contributed by atoms with Gasteiger partial charge < -0.3 is 19.9 Å². The lowest BCUT2D eigenvalue weighted by atomic mass is 10.1. The molecule has 0 spiro atoms. The van der Waals surface area contributed by atoms with E-state index in [0.29, 0.717) is 23.9 Å². The molecule has 3 rings (SSSR count). The summed E-state index contributed by atoms with van der Waals surface area (Å²) in [5.74, 6) is 1.81. The fourth-order valence-electron chi connectivity index (χ4n) is 2.11. The van der Waals surface area contributed by atoms with Crippen LogP contribution in [0.25, 0.3) is 0 Å². The van der Waals surface area contributed by atoms with Gasteiger partial charge in [0.1, 0.15) is 12.3 Å². The molecular formula is C14H15N3O3. The Morgan fingerprint density at radius 2 is 2.00 bits per heavy atom. The molecule has 0 fully saturated rings. The van der Waals surface area contributed by atoms with E-state index in [4.69, 9.17) is 19.9 Å². The van der Waals surface area contributed by atoms with E-state index in [1.807, 2.05) is 24.3 Å². The minimum Gasteiger partial charge on any atom is -0.486 e. The highest BCUT2D eigenvalue weighted by Crippen LogP contribution is 2.34. The van der Waals surface area contributed by atoms with Crippen molar-refractivity contribution >= 4 is 0 Å². The van der Waals surface area contributed by atoms with Crippen molar-refractivity contribution in [3.63, 3.8) is 0 Å². The second kappa shape index (κ2) is 5.34. The lowest BCUT2D eigenvalue weighted by Gasteiger charge is -2.30. The van der Waals surface area contributed by atoms with Crippen molar-refractivity contribution in [2.24, 2.45) is 5.73 Å². The lowest BCUT2D eigenvalue weighted by Crippen LogP contribution is -2.39. The van der Waals surface area contributed by atoms with E-state index >= 15 is 0 Å². The third kappa shape index (κ3) is 2.25. The second-order valence-electron chi connectivity index (χ2n) is 4.39. The van der Waals surface area contributed by atoms with Gasteiger partial charge in [0.2, 0.25) is 5.88 Å².